The Morgan fingerprint density at radius 2 is 1.61 bits per heavy atom. The fourth-order valence-corrected chi connectivity index (χ4v) is 6.02. The summed E-state index contributed by atoms with van der Waals surface area (Å²) in [6.07, 6.45) is 0. The highest BCUT2D eigenvalue weighted by Gasteiger charge is 2.61. The maximum absolute atomic E-state index is 16.0. The van der Waals surface area contributed by atoms with Crippen LogP contribution < -0.4 is 4.90 Å². The summed E-state index contributed by atoms with van der Waals surface area (Å²) in [5, 5.41) is 0. The SMILES string of the molecule is CCN(C)c1cccc(SC2(C)c3cc(C(F)(C(C)(C)F)C(C)(C)F)cc(C)c32)c1F. The molecule has 1 atom stereocenters. The van der Waals surface area contributed by atoms with Crippen molar-refractivity contribution in [3.63, 3.8) is 0 Å². The molecule has 2 aromatic carbocycles. The Morgan fingerprint density at radius 1 is 1.03 bits per heavy atom. The quantitative estimate of drug-likeness (QED) is 0.397. The van der Waals surface area contributed by atoms with Crippen molar-refractivity contribution in [3.8, 4) is 0 Å². The molecule has 0 radical (unpaired) electrons. The van der Waals surface area contributed by atoms with E-state index in [9.17, 15) is 8.78 Å². The van der Waals surface area contributed by atoms with E-state index in [-0.39, 0.29) is 11.4 Å². The van der Waals surface area contributed by atoms with Crippen LogP contribution in [0.4, 0.5) is 23.2 Å². The third-order valence-corrected chi connectivity index (χ3v) is 7.81. The second-order valence-electron chi connectivity index (χ2n) is 9.56. The molecule has 0 aliphatic heterocycles. The van der Waals surface area contributed by atoms with Crippen molar-refractivity contribution in [2.45, 2.75) is 75.1 Å². The minimum Gasteiger partial charge on any atom is -0.372 e. The molecule has 6 heteroatoms. The minimum atomic E-state index is -2.83. The van der Waals surface area contributed by atoms with Crippen molar-refractivity contribution in [2.24, 2.45) is 0 Å². The van der Waals surface area contributed by atoms with Crippen LogP contribution in [-0.4, -0.2) is 24.9 Å². The number of hydrogen-bond acceptors (Lipinski definition) is 2. The highest BCUT2D eigenvalue weighted by molar-refractivity contribution is 8.00. The average molecular weight is 454 g/mol. The number of benzene rings is 2. The van der Waals surface area contributed by atoms with E-state index < -0.39 is 21.8 Å². The fraction of sp³-hybridized carbons (Fsp3) is 0.520. The smallest absolute Gasteiger partial charge is 0.202 e. The number of halogens is 4. The number of hydrogen-bond donors (Lipinski definition) is 0. The zero-order chi connectivity index (χ0) is 23.6. The van der Waals surface area contributed by atoms with E-state index in [0.29, 0.717) is 17.1 Å². The van der Waals surface area contributed by atoms with Gasteiger partial charge in [-0.25, -0.2) is 17.6 Å². The van der Waals surface area contributed by atoms with Crippen molar-refractivity contribution >= 4 is 17.4 Å². The molecule has 3 rings (SSSR count). The van der Waals surface area contributed by atoms with E-state index in [0.717, 1.165) is 44.4 Å². The molecular formula is C25H31F4NS. The summed E-state index contributed by atoms with van der Waals surface area (Å²) >= 11 is 1.35. The monoisotopic (exact) mass is 453 g/mol. The molecule has 1 aliphatic carbocycles. The van der Waals surface area contributed by atoms with Gasteiger partial charge in [0.05, 0.1) is 10.4 Å². The first kappa shape index (κ1) is 24.0. The van der Waals surface area contributed by atoms with Crippen LogP contribution in [0.5, 0.6) is 0 Å². The molecule has 0 aromatic heterocycles. The Balaban J connectivity index is 2.04. The molecule has 0 saturated carbocycles. The van der Waals surface area contributed by atoms with E-state index in [1.54, 1.807) is 18.2 Å². The van der Waals surface area contributed by atoms with Crippen LogP contribution in [-0.2, 0) is 10.4 Å². The second-order valence-corrected chi connectivity index (χ2v) is 11.0. The number of thioether (sulfide) groups is 1. The number of alkyl halides is 3. The molecule has 0 fully saturated rings. The average Bonchev–Trinajstić information content (AvgIpc) is 3.24. The number of nitrogens with zero attached hydrogens (tertiary/aromatic N) is 1. The van der Waals surface area contributed by atoms with Crippen molar-refractivity contribution in [3.05, 3.63) is 58.4 Å². The fourth-order valence-electron chi connectivity index (χ4n) is 4.64. The first-order valence-corrected chi connectivity index (χ1v) is 11.3. The Bertz CT molecular complexity index is 992. The van der Waals surface area contributed by atoms with Crippen LogP contribution in [0.25, 0.3) is 0 Å². The van der Waals surface area contributed by atoms with Crippen LogP contribution in [0.15, 0.2) is 35.2 Å². The summed E-state index contributed by atoms with van der Waals surface area (Å²) in [4.78, 5) is 2.32. The van der Waals surface area contributed by atoms with Gasteiger partial charge in [0.15, 0.2) is 5.82 Å². The molecule has 0 heterocycles. The summed E-state index contributed by atoms with van der Waals surface area (Å²) in [5.41, 5.74) is -4.71. The van der Waals surface area contributed by atoms with Crippen molar-refractivity contribution < 1.29 is 17.6 Å². The van der Waals surface area contributed by atoms with Crippen LogP contribution in [0, 0.1) is 12.7 Å². The number of rotatable bonds is 7. The Labute approximate surface area is 187 Å². The highest BCUT2D eigenvalue weighted by atomic mass is 32.2. The van der Waals surface area contributed by atoms with E-state index in [1.807, 2.05) is 38.8 Å². The van der Waals surface area contributed by atoms with Gasteiger partial charge in [0, 0.05) is 18.5 Å². The van der Waals surface area contributed by atoms with E-state index >= 15 is 8.78 Å². The third-order valence-electron chi connectivity index (χ3n) is 6.44. The standard InChI is InChI=1S/C25H31F4NS/c1-9-30(8)18-11-10-12-19(21(18)26)31-24(7)17-14-16(13-15(2)20(17)24)25(29,22(3,4)27)23(5,6)28/h10-14H,9H2,1-8H3. The van der Waals surface area contributed by atoms with Gasteiger partial charge in [-0.05, 0) is 82.9 Å². The number of fused-ring (bicyclic) bond motifs is 1. The molecule has 31 heavy (non-hydrogen) atoms. The molecule has 0 saturated heterocycles. The highest BCUT2D eigenvalue weighted by Crippen LogP contribution is 2.63. The third kappa shape index (κ3) is 3.65. The Morgan fingerprint density at radius 3 is 2.13 bits per heavy atom. The van der Waals surface area contributed by atoms with Crippen molar-refractivity contribution in [2.75, 3.05) is 18.5 Å². The molecule has 1 unspecified atom stereocenters. The lowest BCUT2D eigenvalue weighted by molar-refractivity contribution is -0.118. The molecule has 170 valence electrons. The summed E-state index contributed by atoms with van der Waals surface area (Å²) < 4.78 is 60.5. The second kappa shape index (κ2) is 7.43. The predicted molar refractivity (Wildman–Crippen MR) is 122 cm³/mol. The van der Waals surface area contributed by atoms with Gasteiger partial charge in [-0.3, -0.25) is 0 Å². The van der Waals surface area contributed by atoms with Crippen LogP contribution in [0.2, 0.25) is 0 Å². The maximum Gasteiger partial charge on any atom is 0.202 e. The molecule has 1 nitrogen and oxygen atoms in total. The van der Waals surface area contributed by atoms with Crippen LogP contribution >= 0.6 is 11.8 Å². The predicted octanol–water partition coefficient (Wildman–Crippen LogP) is 7.62. The van der Waals surface area contributed by atoms with Gasteiger partial charge in [0.25, 0.3) is 0 Å². The van der Waals surface area contributed by atoms with Gasteiger partial charge in [-0.1, -0.05) is 18.2 Å². The van der Waals surface area contributed by atoms with Gasteiger partial charge in [-0.2, -0.15) is 0 Å². The first-order valence-electron chi connectivity index (χ1n) is 10.5. The zero-order valence-corrected chi connectivity index (χ0v) is 20.3. The zero-order valence-electron chi connectivity index (χ0n) is 19.5. The topological polar surface area (TPSA) is 3.24 Å². The lowest BCUT2D eigenvalue weighted by Crippen LogP contribution is -2.53. The maximum atomic E-state index is 16.0. The molecule has 0 spiro atoms. The van der Waals surface area contributed by atoms with E-state index in [4.69, 9.17) is 0 Å². The Hall–Kier alpha value is -1.69. The lowest BCUT2D eigenvalue weighted by atomic mass is 9.73. The van der Waals surface area contributed by atoms with Gasteiger partial charge < -0.3 is 4.90 Å². The van der Waals surface area contributed by atoms with Crippen molar-refractivity contribution in [1.29, 1.82) is 0 Å². The van der Waals surface area contributed by atoms with Gasteiger partial charge >= 0.3 is 0 Å². The summed E-state index contributed by atoms with van der Waals surface area (Å²) in [6, 6.07) is 8.36. The summed E-state index contributed by atoms with van der Waals surface area (Å²) in [5.74, 6) is -0.302. The van der Waals surface area contributed by atoms with Crippen LogP contribution in [0.1, 0.15) is 63.8 Å². The van der Waals surface area contributed by atoms with Crippen molar-refractivity contribution in [1.82, 2.24) is 0 Å². The molecule has 0 N–H and O–H groups in total. The number of aryl methyl sites for hydroxylation is 1. The summed E-state index contributed by atoms with van der Waals surface area (Å²) in [7, 11) is 1.83. The van der Waals surface area contributed by atoms with Gasteiger partial charge in [0.2, 0.25) is 5.67 Å². The number of anilines is 1. The minimum absolute atomic E-state index is 0.0204. The molecular weight excluding hydrogens is 422 g/mol. The molecule has 0 bridgehead atoms. The van der Waals surface area contributed by atoms with Crippen LogP contribution in [0.3, 0.4) is 0 Å². The first-order chi connectivity index (χ1) is 14.1. The van der Waals surface area contributed by atoms with E-state index in [2.05, 4.69) is 0 Å². The van der Waals surface area contributed by atoms with E-state index in [1.165, 1.54) is 17.8 Å². The van der Waals surface area contributed by atoms with Gasteiger partial charge in [0.1, 0.15) is 11.3 Å². The normalized spacial score (nSPS) is 18.7. The molecule has 1 aliphatic rings. The molecule has 0 amide bonds. The van der Waals surface area contributed by atoms with Gasteiger partial charge in [-0.15, -0.1) is 11.8 Å². The summed E-state index contributed by atoms with van der Waals surface area (Å²) in [6.45, 7) is 10.6. The lowest BCUT2D eigenvalue weighted by Gasteiger charge is -2.41. The molecule has 2 aromatic rings. The largest absolute Gasteiger partial charge is 0.372 e. The Kier molecular flexibility index (Phi) is 5.74.